The number of aromatic nitrogens is 1. The third-order valence-electron chi connectivity index (χ3n) is 3.60. The highest BCUT2D eigenvalue weighted by atomic mass is 16.1. The van der Waals surface area contributed by atoms with Crippen LogP contribution in [-0.4, -0.2) is 12.0 Å². The van der Waals surface area contributed by atoms with E-state index in [1.54, 1.807) is 0 Å². The molecule has 1 aliphatic rings. The highest BCUT2D eigenvalue weighted by Gasteiger charge is 2.14. The molecule has 19 heavy (non-hydrogen) atoms. The van der Waals surface area contributed by atoms with Crippen molar-refractivity contribution in [2.75, 3.05) is 12.4 Å². The van der Waals surface area contributed by atoms with Gasteiger partial charge in [-0.05, 0) is 42.3 Å². The lowest BCUT2D eigenvalue weighted by molar-refractivity contribution is 1.25. The average molecular weight is 252 g/mol. The van der Waals surface area contributed by atoms with Crippen molar-refractivity contribution in [1.29, 1.82) is 0 Å². The smallest absolute Gasteiger partial charge is 0.256 e. The second-order valence-corrected chi connectivity index (χ2v) is 4.65. The Morgan fingerprint density at radius 2 is 2.21 bits per heavy atom. The second-order valence-electron chi connectivity index (χ2n) is 4.65. The number of pyridine rings is 1. The Morgan fingerprint density at radius 3 is 2.95 bits per heavy atom. The van der Waals surface area contributed by atoms with Crippen LogP contribution in [0.1, 0.15) is 12.5 Å². The van der Waals surface area contributed by atoms with Gasteiger partial charge >= 0.3 is 0 Å². The number of benzene rings is 1. The van der Waals surface area contributed by atoms with Gasteiger partial charge in [-0.2, -0.15) is 0 Å². The van der Waals surface area contributed by atoms with Crippen molar-refractivity contribution in [2.24, 2.45) is 0 Å². The number of anilines is 1. The summed E-state index contributed by atoms with van der Waals surface area (Å²) < 4.78 is 0. The second kappa shape index (κ2) is 4.43. The molecule has 0 radical (unpaired) electrons. The summed E-state index contributed by atoms with van der Waals surface area (Å²) in [6.07, 6.45) is 8.72. The van der Waals surface area contributed by atoms with Crippen molar-refractivity contribution in [2.45, 2.75) is 13.3 Å². The van der Waals surface area contributed by atoms with E-state index in [9.17, 15) is 4.79 Å². The van der Waals surface area contributed by atoms with Crippen molar-refractivity contribution < 1.29 is 0 Å². The number of rotatable bonds is 2. The van der Waals surface area contributed by atoms with Gasteiger partial charge in [-0.25, -0.2) is 0 Å². The molecule has 0 unspecified atom stereocenters. The molecule has 0 bridgehead atoms. The number of hydrogen-bond acceptors (Lipinski definition) is 2. The first kappa shape index (κ1) is 11.8. The van der Waals surface area contributed by atoms with Crippen LogP contribution in [0.3, 0.4) is 0 Å². The molecule has 2 aromatic rings. The van der Waals surface area contributed by atoms with Crippen molar-refractivity contribution in [1.82, 2.24) is 4.98 Å². The molecule has 1 aromatic carbocycles. The molecule has 0 aliphatic heterocycles. The Labute approximate surface area is 111 Å². The molecule has 3 rings (SSSR count). The minimum Gasteiger partial charge on any atom is -0.388 e. The van der Waals surface area contributed by atoms with Crippen molar-refractivity contribution >= 4 is 28.7 Å². The molecule has 1 aromatic heterocycles. The average Bonchev–Trinajstić information content (AvgIpc) is 2.85. The molecule has 0 atom stereocenters. The van der Waals surface area contributed by atoms with E-state index in [1.165, 1.54) is 10.9 Å². The van der Waals surface area contributed by atoms with Gasteiger partial charge in [-0.1, -0.05) is 18.2 Å². The standard InChI is InChI=1S/C16H16N2O/c1-3-4-5-11-10-6-7-12-13(17-2)8-9-14(15(10)12)18-16(11)19/h3-6,8-9,17H,7H2,1-2H3,(H,18,19)/b4-3-,11-5+. The van der Waals surface area contributed by atoms with Gasteiger partial charge in [0.05, 0.1) is 0 Å². The lowest BCUT2D eigenvalue weighted by Gasteiger charge is -2.08. The van der Waals surface area contributed by atoms with E-state index < -0.39 is 0 Å². The van der Waals surface area contributed by atoms with Crippen LogP contribution in [0.2, 0.25) is 0 Å². The van der Waals surface area contributed by atoms with Crippen molar-refractivity contribution in [3.63, 3.8) is 0 Å². The fourth-order valence-electron chi connectivity index (χ4n) is 2.73. The van der Waals surface area contributed by atoms with Crippen LogP contribution in [-0.2, 0) is 6.42 Å². The van der Waals surface area contributed by atoms with Gasteiger partial charge in [0.2, 0.25) is 0 Å². The molecule has 0 saturated heterocycles. The molecule has 0 fully saturated rings. The van der Waals surface area contributed by atoms with E-state index in [0.717, 1.165) is 28.1 Å². The normalized spacial score (nSPS) is 14.3. The molecule has 3 heteroatoms. The fourth-order valence-corrected chi connectivity index (χ4v) is 2.73. The zero-order valence-corrected chi connectivity index (χ0v) is 11.1. The Balaban J connectivity index is 2.52. The van der Waals surface area contributed by atoms with E-state index in [2.05, 4.69) is 16.4 Å². The molecule has 0 spiro atoms. The minimum absolute atomic E-state index is 0.0260. The maximum Gasteiger partial charge on any atom is 0.256 e. The first-order valence-corrected chi connectivity index (χ1v) is 6.45. The molecule has 2 N–H and O–H groups in total. The highest BCUT2D eigenvalue weighted by Crippen LogP contribution is 2.25. The Morgan fingerprint density at radius 1 is 1.37 bits per heavy atom. The zero-order valence-electron chi connectivity index (χ0n) is 11.1. The highest BCUT2D eigenvalue weighted by molar-refractivity contribution is 5.91. The monoisotopic (exact) mass is 252 g/mol. The minimum atomic E-state index is -0.0260. The van der Waals surface area contributed by atoms with Gasteiger partial charge in [0.15, 0.2) is 0 Å². The molecule has 3 nitrogen and oxygen atoms in total. The van der Waals surface area contributed by atoms with Crippen molar-refractivity contribution in [3.8, 4) is 0 Å². The Kier molecular flexibility index (Phi) is 2.75. The summed E-state index contributed by atoms with van der Waals surface area (Å²) in [6.45, 7) is 1.94. The third kappa shape index (κ3) is 1.70. The van der Waals surface area contributed by atoms with Crippen LogP contribution in [0.5, 0.6) is 0 Å². The number of aromatic amines is 1. The molecular weight excluding hydrogens is 236 g/mol. The van der Waals surface area contributed by atoms with Crippen LogP contribution in [0.15, 0.2) is 29.1 Å². The van der Waals surface area contributed by atoms with Gasteiger partial charge in [0.25, 0.3) is 5.56 Å². The van der Waals surface area contributed by atoms with E-state index in [0.29, 0.717) is 0 Å². The molecular formula is C16H16N2O. The third-order valence-corrected chi connectivity index (χ3v) is 3.60. The van der Waals surface area contributed by atoms with Gasteiger partial charge in [-0.3, -0.25) is 4.79 Å². The van der Waals surface area contributed by atoms with Gasteiger partial charge in [0, 0.05) is 28.9 Å². The van der Waals surface area contributed by atoms with Crippen LogP contribution in [0, 0.1) is 0 Å². The van der Waals surface area contributed by atoms with Crippen LogP contribution >= 0.6 is 0 Å². The topological polar surface area (TPSA) is 44.9 Å². The van der Waals surface area contributed by atoms with Crippen LogP contribution < -0.4 is 21.3 Å². The van der Waals surface area contributed by atoms with Gasteiger partial charge in [0.1, 0.15) is 0 Å². The largest absolute Gasteiger partial charge is 0.388 e. The van der Waals surface area contributed by atoms with Crippen LogP contribution in [0.4, 0.5) is 5.69 Å². The summed E-state index contributed by atoms with van der Waals surface area (Å²) in [5.74, 6) is 0. The number of H-pyrrole nitrogens is 1. The van der Waals surface area contributed by atoms with Crippen LogP contribution in [0.25, 0.3) is 23.1 Å². The molecule has 0 amide bonds. The first-order valence-electron chi connectivity index (χ1n) is 6.45. The fraction of sp³-hybridized carbons (Fsp3) is 0.188. The maximum atomic E-state index is 12.1. The summed E-state index contributed by atoms with van der Waals surface area (Å²) in [6, 6.07) is 3.99. The van der Waals surface area contributed by atoms with E-state index in [4.69, 9.17) is 0 Å². The van der Waals surface area contributed by atoms with E-state index >= 15 is 0 Å². The molecule has 1 heterocycles. The zero-order chi connectivity index (χ0) is 13.4. The van der Waals surface area contributed by atoms with E-state index in [1.807, 2.05) is 44.3 Å². The molecule has 1 aliphatic carbocycles. The Hall–Kier alpha value is -2.29. The van der Waals surface area contributed by atoms with Gasteiger partial charge < -0.3 is 10.3 Å². The Bertz CT molecular complexity index is 857. The molecule has 0 saturated carbocycles. The first-order chi connectivity index (χ1) is 9.26. The summed E-state index contributed by atoms with van der Waals surface area (Å²) >= 11 is 0. The predicted molar refractivity (Wildman–Crippen MR) is 80.8 cm³/mol. The van der Waals surface area contributed by atoms with Crippen molar-refractivity contribution in [3.05, 3.63) is 50.6 Å². The number of nitrogens with one attached hydrogen (secondary N) is 2. The summed E-state index contributed by atoms with van der Waals surface area (Å²) in [4.78, 5) is 15.1. The SMILES string of the molecule is C/C=C\C=c1\c(=O)[nH]c2ccc(NC)c3c2c1=CC3. The number of hydrogen-bond donors (Lipinski definition) is 2. The summed E-state index contributed by atoms with van der Waals surface area (Å²) in [7, 11) is 1.92. The summed E-state index contributed by atoms with van der Waals surface area (Å²) in [5.41, 5.74) is 3.29. The van der Waals surface area contributed by atoms with Gasteiger partial charge in [-0.15, -0.1) is 0 Å². The quantitative estimate of drug-likeness (QED) is 0.845. The predicted octanol–water partition coefficient (Wildman–Crippen LogP) is 1.26. The maximum absolute atomic E-state index is 12.1. The van der Waals surface area contributed by atoms with E-state index in [-0.39, 0.29) is 5.56 Å². The summed E-state index contributed by atoms with van der Waals surface area (Å²) in [5, 5.41) is 6.19. The molecule has 96 valence electrons. The number of allylic oxidation sites excluding steroid dienone is 2. The lowest BCUT2D eigenvalue weighted by atomic mass is 10.1. The lowest BCUT2D eigenvalue weighted by Crippen LogP contribution is -2.40.